The Balaban J connectivity index is 1.69. The van der Waals surface area contributed by atoms with E-state index >= 15 is 0 Å². The van der Waals surface area contributed by atoms with Crippen LogP contribution in [-0.2, 0) is 4.79 Å². The van der Waals surface area contributed by atoms with Crippen LogP contribution in [-0.4, -0.2) is 37.0 Å². The zero-order valence-corrected chi connectivity index (χ0v) is 10.5. The van der Waals surface area contributed by atoms with Crippen LogP contribution in [0.5, 0.6) is 0 Å². The lowest BCUT2D eigenvalue weighted by molar-refractivity contribution is -0.139. The average Bonchev–Trinajstić information content (AvgIpc) is 2.15. The average molecular weight is 224 g/mol. The van der Waals surface area contributed by atoms with E-state index in [2.05, 4.69) is 19.2 Å². The highest BCUT2D eigenvalue weighted by molar-refractivity contribution is 5.77. The summed E-state index contributed by atoms with van der Waals surface area (Å²) in [7, 11) is 0. The molecular formula is C13H24N2O. The summed E-state index contributed by atoms with van der Waals surface area (Å²) in [5.74, 6) is 2.50. The lowest BCUT2D eigenvalue weighted by Crippen LogP contribution is -2.52. The van der Waals surface area contributed by atoms with Crippen LogP contribution in [0.15, 0.2) is 0 Å². The SMILES string of the molecule is CC(C)C1CN(C(=O)CC2CCNCC2)C1. The molecule has 2 rings (SSSR count). The summed E-state index contributed by atoms with van der Waals surface area (Å²) in [6.07, 6.45) is 3.13. The fourth-order valence-corrected chi connectivity index (χ4v) is 2.60. The summed E-state index contributed by atoms with van der Waals surface area (Å²) in [4.78, 5) is 14.0. The van der Waals surface area contributed by atoms with E-state index in [-0.39, 0.29) is 0 Å². The molecule has 0 unspecified atom stereocenters. The van der Waals surface area contributed by atoms with Crippen molar-refractivity contribution in [2.45, 2.75) is 33.1 Å². The third-order valence-electron chi connectivity index (χ3n) is 4.13. The number of hydrogen-bond donors (Lipinski definition) is 1. The molecule has 2 heterocycles. The maximum atomic E-state index is 12.0. The zero-order chi connectivity index (χ0) is 11.5. The number of carbonyl (C=O) groups excluding carboxylic acids is 1. The molecule has 0 radical (unpaired) electrons. The van der Waals surface area contributed by atoms with Gasteiger partial charge in [-0.25, -0.2) is 0 Å². The van der Waals surface area contributed by atoms with Crippen molar-refractivity contribution in [2.75, 3.05) is 26.2 Å². The fraction of sp³-hybridized carbons (Fsp3) is 0.923. The fourth-order valence-electron chi connectivity index (χ4n) is 2.60. The molecule has 3 nitrogen and oxygen atoms in total. The molecular weight excluding hydrogens is 200 g/mol. The van der Waals surface area contributed by atoms with E-state index in [1.165, 1.54) is 12.8 Å². The normalized spacial score (nSPS) is 23.6. The Hall–Kier alpha value is -0.570. The summed E-state index contributed by atoms with van der Waals surface area (Å²) in [5.41, 5.74) is 0. The summed E-state index contributed by atoms with van der Waals surface area (Å²) in [6.45, 7) is 8.68. The number of amides is 1. The smallest absolute Gasteiger partial charge is 0.222 e. The predicted molar refractivity (Wildman–Crippen MR) is 65.1 cm³/mol. The van der Waals surface area contributed by atoms with E-state index in [0.717, 1.165) is 44.4 Å². The molecule has 92 valence electrons. The maximum absolute atomic E-state index is 12.0. The summed E-state index contributed by atoms with van der Waals surface area (Å²) in [6, 6.07) is 0. The molecule has 0 bridgehead atoms. The molecule has 0 aliphatic carbocycles. The first kappa shape index (κ1) is 11.9. The minimum absolute atomic E-state index is 0.392. The monoisotopic (exact) mass is 224 g/mol. The molecule has 0 atom stereocenters. The van der Waals surface area contributed by atoms with E-state index in [9.17, 15) is 4.79 Å². The summed E-state index contributed by atoms with van der Waals surface area (Å²) >= 11 is 0. The Morgan fingerprint density at radius 2 is 1.94 bits per heavy atom. The van der Waals surface area contributed by atoms with Gasteiger partial charge >= 0.3 is 0 Å². The van der Waals surface area contributed by atoms with Gasteiger partial charge in [0.15, 0.2) is 0 Å². The molecule has 0 aromatic carbocycles. The number of hydrogen-bond acceptors (Lipinski definition) is 2. The summed E-state index contributed by atoms with van der Waals surface area (Å²) in [5, 5.41) is 3.34. The third-order valence-corrected chi connectivity index (χ3v) is 4.13. The highest BCUT2D eigenvalue weighted by Crippen LogP contribution is 2.26. The van der Waals surface area contributed by atoms with Gasteiger partial charge in [-0.1, -0.05) is 13.8 Å². The molecule has 3 heteroatoms. The van der Waals surface area contributed by atoms with Crippen LogP contribution in [0.3, 0.4) is 0 Å². The van der Waals surface area contributed by atoms with Gasteiger partial charge in [0.2, 0.25) is 5.91 Å². The Labute approximate surface area is 98.6 Å². The van der Waals surface area contributed by atoms with Gasteiger partial charge in [-0.3, -0.25) is 4.79 Å². The number of likely N-dealkylation sites (tertiary alicyclic amines) is 1. The lowest BCUT2D eigenvalue weighted by atomic mass is 9.87. The molecule has 0 aromatic heterocycles. The molecule has 2 fully saturated rings. The Morgan fingerprint density at radius 3 is 2.50 bits per heavy atom. The summed E-state index contributed by atoms with van der Waals surface area (Å²) < 4.78 is 0. The van der Waals surface area contributed by atoms with E-state index < -0.39 is 0 Å². The lowest BCUT2D eigenvalue weighted by Gasteiger charge is -2.42. The second kappa shape index (κ2) is 5.17. The van der Waals surface area contributed by atoms with Gasteiger partial charge in [0, 0.05) is 19.5 Å². The molecule has 2 aliphatic heterocycles. The van der Waals surface area contributed by atoms with Crippen LogP contribution in [0.25, 0.3) is 0 Å². The van der Waals surface area contributed by atoms with E-state index in [0.29, 0.717) is 11.8 Å². The molecule has 2 aliphatic rings. The predicted octanol–water partition coefficient (Wildman–Crippen LogP) is 1.49. The second-order valence-corrected chi connectivity index (χ2v) is 5.70. The van der Waals surface area contributed by atoms with Crippen LogP contribution < -0.4 is 5.32 Å². The maximum Gasteiger partial charge on any atom is 0.222 e. The Kier molecular flexibility index (Phi) is 3.85. The first-order chi connectivity index (χ1) is 7.66. The van der Waals surface area contributed by atoms with Crippen molar-refractivity contribution in [1.82, 2.24) is 10.2 Å². The van der Waals surface area contributed by atoms with E-state index in [1.54, 1.807) is 0 Å². The van der Waals surface area contributed by atoms with Crippen molar-refractivity contribution in [3.63, 3.8) is 0 Å². The minimum Gasteiger partial charge on any atom is -0.342 e. The van der Waals surface area contributed by atoms with Gasteiger partial charge in [-0.2, -0.15) is 0 Å². The number of piperidine rings is 1. The number of nitrogens with one attached hydrogen (secondary N) is 1. The molecule has 0 saturated carbocycles. The molecule has 1 N–H and O–H groups in total. The molecule has 0 aromatic rings. The van der Waals surface area contributed by atoms with Crippen LogP contribution >= 0.6 is 0 Å². The van der Waals surface area contributed by atoms with Gasteiger partial charge in [-0.05, 0) is 43.7 Å². The minimum atomic E-state index is 0.392. The van der Waals surface area contributed by atoms with Crippen molar-refractivity contribution < 1.29 is 4.79 Å². The number of rotatable bonds is 3. The van der Waals surface area contributed by atoms with Gasteiger partial charge in [0.05, 0.1) is 0 Å². The van der Waals surface area contributed by atoms with Gasteiger partial charge < -0.3 is 10.2 Å². The first-order valence-electron chi connectivity index (χ1n) is 6.65. The quantitative estimate of drug-likeness (QED) is 0.788. The first-order valence-corrected chi connectivity index (χ1v) is 6.65. The van der Waals surface area contributed by atoms with Crippen LogP contribution in [0.2, 0.25) is 0 Å². The Bertz CT molecular complexity index is 240. The molecule has 16 heavy (non-hydrogen) atoms. The number of carbonyl (C=O) groups is 1. The molecule has 1 amide bonds. The van der Waals surface area contributed by atoms with E-state index in [4.69, 9.17) is 0 Å². The van der Waals surface area contributed by atoms with Gasteiger partial charge in [-0.15, -0.1) is 0 Å². The van der Waals surface area contributed by atoms with Crippen molar-refractivity contribution in [3.05, 3.63) is 0 Å². The van der Waals surface area contributed by atoms with Crippen molar-refractivity contribution in [3.8, 4) is 0 Å². The second-order valence-electron chi connectivity index (χ2n) is 5.70. The van der Waals surface area contributed by atoms with Crippen LogP contribution in [0, 0.1) is 17.8 Å². The molecule has 0 spiro atoms. The number of nitrogens with zero attached hydrogens (tertiary/aromatic N) is 1. The van der Waals surface area contributed by atoms with Crippen LogP contribution in [0.1, 0.15) is 33.1 Å². The van der Waals surface area contributed by atoms with Crippen LogP contribution in [0.4, 0.5) is 0 Å². The third kappa shape index (κ3) is 2.76. The highest BCUT2D eigenvalue weighted by atomic mass is 16.2. The topological polar surface area (TPSA) is 32.3 Å². The van der Waals surface area contributed by atoms with Gasteiger partial charge in [0.25, 0.3) is 0 Å². The Morgan fingerprint density at radius 1 is 1.31 bits per heavy atom. The van der Waals surface area contributed by atoms with Crippen molar-refractivity contribution in [1.29, 1.82) is 0 Å². The van der Waals surface area contributed by atoms with Gasteiger partial charge in [0.1, 0.15) is 0 Å². The largest absolute Gasteiger partial charge is 0.342 e. The van der Waals surface area contributed by atoms with Crippen molar-refractivity contribution >= 4 is 5.91 Å². The zero-order valence-electron chi connectivity index (χ0n) is 10.5. The van der Waals surface area contributed by atoms with Crippen molar-refractivity contribution in [2.24, 2.45) is 17.8 Å². The molecule has 2 saturated heterocycles. The van der Waals surface area contributed by atoms with E-state index in [1.807, 2.05) is 4.90 Å². The standard InChI is InChI=1S/C13H24N2O/c1-10(2)12-8-15(9-12)13(16)7-11-3-5-14-6-4-11/h10-12,14H,3-9H2,1-2H3. The highest BCUT2D eigenvalue weighted by Gasteiger charge is 2.33.